The number of carbonyl (C=O) groups is 3. The molecule has 0 radical (unpaired) electrons. The fourth-order valence-electron chi connectivity index (χ4n) is 3.79. The molecular weight excluding hydrogens is 372 g/mol. The van der Waals surface area contributed by atoms with E-state index in [1.54, 1.807) is 6.20 Å². The van der Waals surface area contributed by atoms with Crippen molar-refractivity contribution in [2.75, 3.05) is 6.54 Å². The Morgan fingerprint density at radius 1 is 1.10 bits per heavy atom. The van der Waals surface area contributed by atoms with Gasteiger partial charge in [-0.05, 0) is 24.5 Å². The Balaban J connectivity index is 1.49. The molecule has 8 heteroatoms. The first-order valence-corrected chi connectivity index (χ1v) is 10.1. The van der Waals surface area contributed by atoms with E-state index < -0.39 is 18.0 Å². The number of H-pyrrole nitrogens is 1. The zero-order chi connectivity index (χ0) is 20.6. The Kier molecular flexibility index (Phi) is 7.10. The summed E-state index contributed by atoms with van der Waals surface area (Å²) in [7, 11) is 0. The van der Waals surface area contributed by atoms with Crippen LogP contribution in [0, 0.1) is 0 Å². The molecule has 3 rings (SSSR count). The molecule has 8 nitrogen and oxygen atoms in total. The van der Waals surface area contributed by atoms with E-state index in [1.165, 1.54) is 12.8 Å². The number of aromatic nitrogens is 1. The predicted molar refractivity (Wildman–Crippen MR) is 110 cm³/mol. The maximum absolute atomic E-state index is 12.1. The molecule has 2 aromatic rings. The summed E-state index contributed by atoms with van der Waals surface area (Å²) in [5.41, 5.74) is 1.71. The number of hydrogen-bond donors (Lipinski definition) is 5. The van der Waals surface area contributed by atoms with Crippen molar-refractivity contribution in [2.45, 2.75) is 57.0 Å². The second-order valence-corrected chi connectivity index (χ2v) is 7.54. The van der Waals surface area contributed by atoms with Crippen LogP contribution < -0.4 is 16.0 Å². The molecular formula is C21H28N4O4. The average Bonchev–Trinajstić information content (AvgIpc) is 2.93. The third-order valence-electron chi connectivity index (χ3n) is 5.33. The lowest BCUT2D eigenvalue weighted by atomic mass is 10.1. The summed E-state index contributed by atoms with van der Waals surface area (Å²) in [6.07, 6.45) is 8.41. The first-order valence-electron chi connectivity index (χ1n) is 10.1. The number of carboxylic acids is 1. The molecule has 156 valence electrons. The first kappa shape index (κ1) is 20.7. The topological polar surface area (TPSA) is 123 Å². The van der Waals surface area contributed by atoms with Gasteiger partial charge in [-0.2, -0.15) is 0 Å². The highest BCUT2D eigenvalue weighted by Crippen LogP contribution is 2.19. The molecule has 1 saturated carbocycles. The quantitative estimate of drug-likeness (QED) is 0.458. The predicted octanol–water partition coefficient (Wildman–Crippen LogP) is 2.30. The highest BCUT2D eigenvalue weighted by molar-refractivity contribution is 5.88. The van der Waals surface area contributed by atoms with Crippen LogP contribution in [0.5, 0.6) is 0 Å². The summed E-state index contributed by atoms with van der Waals surface area (Å²) in [5, 5.41) is 18.2. The molecule has 0 spiro atoms. The van der Waals surface area contributed by atoms with Crippen LogP contribution in [0.3, 0.4) is 0 Å². The molecule has 0 aliphatic heterocycles. The number of rotatable bonds is 7. The zero-order valence-electron chi connectivity index (χ0n) is 16.4. The number of amides is 3. The van der Waals surface area contributed by atoms with Crippen LogP contribution in [-0.2, 0) is 16.0 Å². The van der Waals surface area contributed by atoms with Gasteiger partial charge in [-0.25, -0.2) is 9.59 Å². The van der Waals surface area contributed by atoms with E-state index in [0.29, 0.717) is 0 Å². The molecule has 1 atom stereocenters. The lowest BCUT2D eigenvalue weighted by Crippen LogP contribution is -2.50. The Hall–Kier alpha value is -3.03. The van der Waals surface area contributed by atoms with E-state index in [-0.39, 0.29) is 24.9 Å². The van der Waals surface area contributed by atoms with Crippen molar-refractivity contribution in [1.29, 1.82) is 0 Å². The number of urea groups is 1. The number of nitrogens with one attached hydrogen (secondary N) is 4. The van der Waals surface area contributed by atoms with E-state index >= 15 is 0 Å². The Bertz CT molecular complexity index is 855. The third-order valence-corrected chi connectivity index (χ3v) is 5.33. The van der Waals surface area contributed by atoms with Crippen LogP contribution in [0.25, 0.3) is 10.9 Å². The maximum atomic E-state index is 12.1. The molecule has 3 amide bonds. The minimum absolute atomic E-state index is 0.140. The molecule has 0 saturated heterocycles. The lowest BCUT2D eigenvalue weighted by molar-refractivity contribution is -0.139. The molecule has 5 N–H and O–H groups in total. The lowest BCUT2D eigenvalue weighted by Gasteiger charge is -2.17. The van der Waals surface area contributed by atoms with Gasteiger partial charge in [0.05, 0.1) is 6.54 Å². The molecule has 0 unspecified atom stereocenters. The van der Waals surface area contributed by atoms with Crippen LogP contribution >= 0.6 is 0 Å². The van der Waals surface area contributed by atoms with Gasteiger partial charge in [0.15, 0.2) is 0 Å². The SMILES string of the molecule is O=C(CNC(=O)N[C@H](Cc1c[nH]c2ccccc12)C(=O)O)NC1CCCCCC1. The summed E-state index contributed by atoms with van der Waals surface area (Å²) in [5.74, 6) is -1.39. The molecule has 29 heavy (non-hydrogen) atoms. The monoisotopic (exact) mass is 400 g/mol. The van der Waals surface area contributed by atoms with Gasteiger partial charge in [0, 0.05) is 29.6 Å². The minimum atomic E-state index is -1.13. The number of para-hydroxylation sites is 1. The number of benzene rings is 1. The van der Waals surface area contributed by atoms with Crippen molar-refractivity contribution in [3.05, 3.63) is 36.0 Å². The van der Waals surface area contributed by atoms with Crippen molar-refractivity contribution in [3.8, 4) is 0 Å². The Labute approximate surface area is 169 Å². The van der Waals surface area contributed by atoms with E-state index in [9.17, 15) is 19.5 Å². The fraction of sp³-hybridized carbons (Fsp3) is 0.476. The van der Waals surface area contributed by atoms with Gasteiger partial charge < -0.3 is 26.0 Å². The van der Waals surface area contributed by atoms with E-state index in [4.69, 9.17) is 0 Å². The summed E-state index contributed by atoms with van der Waals surface area (Å²) >= 11 is 0. The standard InChI is InChI=1S/C21H28N4O4/c26-19(24-15-7-3-1-2-4-8-15)13-23-21(29)25-18(20(27)28)11-14-12-22-17-10-6-5-9-16(14)17/h5-6,9-10,12,15,18,22H,1-4,7-8,11,13H2,(H,24,26)(H,27,28)(H2,23,25,29)/t18-/m1/s1. The van der Waals surface area contributed by atoms with Crippen LogP contribution in [0.4, 0.5) is 4.79 Å². The Morgan fingerprint density at radius 2 is 1.83 bits per heavy atom. The highest BCUT2D eigenvalue weighted by Gasteiger charge is 2.22. The molecule has 0 bridgehead atoms. The van der Waals surface area contributed by atoms with Gasteiger partial charge in [0.2, 0.25) is 5.91 Å². The molecule has 1 fully saturated rings. The number of aliphatic carboxylic acids is 1. The van der Waals surface area contributed by atoms with Crippen molar-refractivity contribution in [3.63, 3.8) is 0 Å². The van der Waals surface area contributed by atoms with Gasteiger partial charge in [0.1, 0.15) is 6.04 Å². The number of carbonyl (C=O) groups excluding carboxylic acids is 2. The average molecular weight is 400 g/mol. The van der Waals surface area contributed by atoms with Gasteiger partial charge in [-0.1, -0.05) is 43.9 Å². The summed E-state index contributed by atoms with van der Waals surface area (Å²) in [4.78, 5) is 38.9. The van der Waals surface area contributed by atoms with Crippen LogP contribution in [0.2, 0.25) is 0 Å². The smallest absolute Gasteiger partial charge is 0.326 e. The second kappa shape index (κ2) is 9.95. The molecule has 1 aliphatic rings. The van der Waals surface area contributed by atoms with Crippen molar-refractivity contribution in [1.82, 2.24) is 20.9 Å². The second-order valence-electron chi connectivity index (χ2n) is 7.54. The van der Waals surface area contributed by atoms with Gasteiger partial charge in [0.25, 0.3) is 0 Å². The Morgan fingerprint density at radius 3 is 2.55 bits per heavy atom. The largest absolute Gasteiger partial charge is 0.480 e. The van der Waals surface area contributed by atoms with Gasteiger partial charge in [-0.15, -0.1) is 0 Å². The number of fused-ring (bicyclic) bond motifs is 1. The van der Waals surface area contributed by atoms with Gasteiger partial charge >= 0.3 is 12.0 Å². The fourth-order valence-corrected chi connectivity index (χ4v) is 3.79. The van der Waals surface area contributed by atoms with Crippen molar-refractivity contribution in [2.24, 2.45) is 0 Å². The number of hydrogen-bond acceptors (Lipinski definition) is 3. The molecule has 1 aromatic carbocycles. The summed E-state index contributed by atoms with van der Waals surface area (Å²) in [6.45, 7) is -0.179. The van der Waals surface area contributed by atoms with E-state index in [2.05, 4.69) is 20.9 Å². The van der Waals surface area contributed by atoms with Crippen LogP contribution in [-0.4, -0.2) is 46.6 Å². The van der Waals surface area contributed by atoms with Crippen LogP contribution in [0.15, 0.2) is 30.5 Å². The zero-order valence-corrected chi connectivity index (χ0v) is 16.4. The third kappa shape index (κ3) is 5.97. The van der Waals surface area contributed by atoms with Crippen molar-refractivity contribution >= 4 is 28.8 Å². The molecule has 1 aromatic heterocycles. The molecule has 1 heterocycles. The maximum Gasteiger partial charge on any atom is 0.326 e. The highest BCUT2D eigenvalue weighted by atomic mass is 16.4. The normalized spacial score (nSPS) is 16.0. The van der Waals surface area contributed by atoms with Crippen LogP contribution in [0.1, 0.15) is 44.1 Å². The number of aromatic amines is 1. The minimum Gasteiger partial charge on any atom is -0.480 e. The van der Waals surface area contributed by atoms with Gasteiger partial charge in [-0.3, -0.25) is 4.79 Å². The first-order chi connectivity index (χ1) is 14.0. The van der Waals surface area contributed by atoms with E-state index in [0.717, 1.165) is 42.1 Å². The molecule has 1 aliphatic carbocycles. The van der Waals surface area contributed by atoms with Crippen molar-refractivity contribution < 1.29 is 19.5 Å². The summed E-state index contributed by atoms with van der Waals surface area (Å²) in [6, 6.07) is 5.96. The summed E-state index contributed by atoms with van der Waals surface area (Å²) < 4.78 is 0. The van der Waals surface area contributed by atoms with E-state index in [1.807, 2.05) is 24.3 Å². The number of carboxylic acid groups (broad SMARTS) is 1.